The summed E-state index contributed by atoms with van der Waals surface area (Å²) >= 11 is 3.45. The van der Waals surface area contributed by atoms with E-state index in [1.165, 1.54) is 15.8 Å². The highest BCUT2D eigenvalue weighted by Crippen LogP contribution is 2.34. The van der Waals surface area contributed by atoms with Crippen LogP contribution < -0.4 is 5.73 Å². The Morgan fingerprint density at radius 2 is 2.06 bits per heavy atom. The van der Waals surface area contributed by atoms with Crippen LogP contribution in [0.1, 0.15) is 24.3 Å². The molecule has 5 heteroatoms. The number of thiophene rings is 1. The molecule has 92 valence electrons. The molecule has 2 N–H and O–H groups in total. The van der Waals surface area contributed by atoms with Crippen LogP contribution in [0.25, 0.3) is 10.2 Å². The molecule has 0 spiro atoms. The molecule has 2 aromatic heterocycles. The molecule has 0 atom stereocenters. The van der Waals surface area contributed by atoms with E-state index in [2.05, 4.69) is 23.8 Å². The van der Waals surface area contributed by atoms with Gasteiger partial charge in [-0.05, 0) is 33.3 Å². The third kappa shape index (κ3) is 2.78. The van der Waals surface area contributed by atoms with Crippen LogP contribution in [0.15, 0.2) is 11.4 Å². The van der Waals surface area contributed by atoms with Gasteiger partial charge in [-0.15, -0.1) is 23.1 Å². The first-order chi connectivity index (χ1) is 7.88. The zero-order chi connectivity index (χ0) is 12.6. The van der Waals surface area contributed by atoms with Crippen LogP contribution in [-0.4, -0.2) is 21.3 Å². The maximum Gasteiger partial charge on any atom is 0.128 e. The first-order valence-corrected chi connectivity index (χ1v) is 7.31. The van der Waals surface area contributed by atoms with Crippen molar-refractivity contribution < 1.29 is 0 Å². The van der Waals surface area contributed by atoms with Crippen LogP contribution in [0.3, 0.4) is 0 Å². The summed E-state index contributed by atoms with van der Waals surface area (Å²) in [6, 6.07) is 0. The molecule has 0 aromatic carbocycles. The lowest BCUT2D eigenvalue weighted by Crippen LogP contribution is -2.34. The molecule has 17 heavy (non-hydrogen) atoms. The normalized spacial score (nSPS) is 12.3. The van der Waals surface area contributed by atoms with Gasteiger partial charge in [0, 0.05) is 21.6 Å². The van der Waals surface area contributed by atoms with Crippen LogP contribution in [0.4, 0.5) is 0 Å². The Bertz CT molecular complexity index is 540. The lowest BCUT2D eigenvalue weighted by molar-refractivity contribution is 0.591. The third-order valence-electron chi connectivity index (χ3n) is 2.51. The van der Waals surface area contributed by atoms with Crippen molar-refractivity contribution >= 4 is 33.3 Å². The van der Waals surface area contributed by atoms with E-state index < -0.39 is 0 Å². The molecule has 0 aliphatic rings. The monoisotopic (exact) mass is 267 g/mol. The van der Waals surface area contributed by atoms with Crippen molar-refractivity contribution in [1.82, 2.24) is 9.97 Å². The van der Waals surface area contributed by atoms with Gasteiger partial charge in [-0.2, -0.15) is 0 Å². The second-order valence-electron chi connectivity index (χ2n) is 4.92. The molecule has 0 saturated carbocycles. The van der Waals surface area contributed by atoms with E-state index in [0.29, 0.717) is 0 Å². The molecular weight excluding hydrogens is 250 g/mol. The van der Waals surface area contributed by atoms with Crippen molar-refractivity contribution in [2.45, 2.75) is 38.3 Å². The average molecular weight is 267 g/mol. The molecule has 0 radical (unpaired) electrons. The summed E-state index contributed by atoms with van der Waals surface area (Å²) in [6.45, 7) is 8.33. The molecule has 2 rings (SSSR count). The van der Waals surface area contributed by atoms with Gasteiger partial charge in [-0.1, -0.05) is 0 Å². The van der Waals surface area contributed by atoms with Gasteiger partial charge in [0.05, 0.1) is 0 Å². The van der Waals surface area contributed by atoms with E-state index in [-0.39, 0.29) is 5.54 Å². The quantitative estimate of drug-likeness (QED) is 0.685. The van der Waals surface area contributed by atoms with Crippen molar-refractivity contribution in [3.8, 4) is 0 Å². The zero-order valence-corrected chi connectivity index (χ0v) is 12.2. The van der Waals surface area contributed by atoms with Crippen molar-refractivity contribution in [3.05, 3.63) is 16.8 Å². The highest BCUT2D eigenvalue weighted by Gasteiger charge is 2.16. The van der Waals surface area contributed by atoms with Crippen LogP contribution in [-0.2, 0) is 0 Å². The highest BCUT2D eigenvalue weighted by atomic mass is 32.2. The minimum atomic E-state index is -0.180. The molecular formula is C12H17N3S2. The molecule has 0 unspecified atom stereocenters. The summed E-state index contributed by atoms with van der Waals surface area (Å²) in [5.74, 6) is 0.855. The molecule has 0 saturated heterocycles. The number of nitrogens with two attached hydrogens (primary N) is 1. The van der Waals surface area contributed by atoms with E-state index in [0.717, 1.165) is 15.6 Å². The summed E-state index contributed by atoms with van der Waals surface area (Å²) < 4.78 is 0. The number of thioether (sulfide) groups is 1. The Hall–Kier alpha value is -0.650. The molecule has 2 heterocycles. The first-order valence-electron chi connectivity index (χ1n) is 5.51. The van der Waals surface area contributed by atoms with Gasteiger partial charge in [-0.25, -0.2) is 9.97 Å². The fourth-order valence-electron chi connectivity index (χ4n) is 1.51. The SMILES string of the molecule is Cc1sc2ncnc(SCC(C)(C)N)c2c1C. The number of hydrogen-bond donors (Lipinski definition) is 1. The highest BCUT2D eigenvalue weighted by molar-refractivity contribution is 7.99. The van der Waals surface area contributed by atoms with Gasteiger partial charge in [0.25, 0.3) is 0 Å². The predicted octanol–water partition coefficient (Wildman–Crippen LogP) is 3.14. The van der Waals surface area contributed by atoms with Gasteiger partial charge in [-0.3, -0.25) is 0 Å². The Morgan fingerprint density at radius 1 is 1.35 bits per heavy atom. The lowest BCUT2D eigenvalue weighted by atomic mass is 10.1. The topological polar surface area (TPSA) is 51.8 Å². The van der Waals surface area contributed by atoms with Crippen molar-refractivity contribution in [2.75, 3.05) is 5.75 Å². The van der Waals surface area contributed by atoms with E-state index in [1.54, 1.807) is 29.4 Å². The van der Waals surface area contributed by atoms with E-state index in [1.807, 2.05) is 13.8 Å². The zero-order valence-electron chi connectivity index (χ0n) is 10.6. The standard InChI is InChI=1S/C12H17N3S2/c1-7-8(2)17-11-9(7)10(14-6-15-11)16-5-12(3,4)13/h6H,5,13H2,1-4H3. The number of fused-ring (bicyclic) bond motifs is 1. The molecule has 0 bridgehead atoms. The number of nitrogens with zero attached hydrogens (tertiary/aromatic N) is 2. The fourth-order valence-corrected chi connectivity index (χ4v) is 3.60. The van der Waals surface area contributed by atoms with Crippen LogP contribution in [0, 0.1) is 13.8 Å². The Morgan fingerprint density at radius 3 is 2.71 bits per heavy atom. The van der Waals surface area contributed by atoms with E-state index >= 15 is 0 Å². The number of aromatic nitrogens is 2. The Labute approximate surface area is 110 Å². The summed E-state index contributed by atoms with van der Waals surface area (Å²) in [4.78, 5) is 11.1. The molecule has 3 nitrogen and oxygen atoms in total. The Kier molecular flexibility index (Phi) is 3.43. The fraction of sp³-hybridized carbons (Fsp3) is 0.500. The number of hydrogen-bond acceptors (Lipinski definition) is 5. The third-order valence-corrected chi connectivity index (χ3v) is 5.10. The van der Waals surface area contributed by atoms with Gasteiger partial charge >= 0.3 is 0 Å². The largest absolute Gasteiger partial charge is 0.325 e. The smallest absolute Gasteiger partial charge is 0.128 e. The average Bonchev–Trinajstić information content (AvgIpc) is 2.52. The second kappa shape index (κ2) is 4.55. The summed E-state index contributed by atoms with van der Waals surface area (Å²) in [5.41, 5.74) is 7.12. The van der Waals surface area contributed by atoms with E-state index in [9.17, 15) is 0 Å². The first kappa shape index (κ1) is 12.8. The molecule has 2 aromatic rings. The summed E-state index contributed by atoms with van der Waals surface area (Å²) in [6.07, 6.45) is 1.64. The molecule has 0 fully saturated rings. The maximum atomic E-state index is 6.01. The minimum Gasteiger partial charge on any atom is -0.325 e. The lowest BCUT2D eigenvalue weighted by Gasteiger charge is -2.17. The Balaban J connectivity index is 2.40. The predicted molar refractivity (Wildman–Crippen MR) is 75.9 cm³/mol. The van der Waals surface area contributed by atoms with Crippen LogP contribution in [0.2, 0.25) is 0 Å². The minimum absolute atomic E-state index is 0.180. The van der Waals surface area contributed by atoms with Crippen LogP contribution >= 0.6 is 23.1 Å². The van der Waals surface area contributed by atoms with Crippen molar-refractivity contribution in [3.63, 3.8) is 0 Å². The van der Waals surface area contributed by atoms with Gasteiger partial charge in [0.15, 0.2) is 0 Å². The molecule has 0 amide bonds. The molecule has 0 aliphatic heterocycles. The second-order valence-corrected chi connectivity index (χ2v) is 7.09. The van der Waals surface area contributed by atoms with Crippen LogP contribution in [0.5, 0.6) is 0 Å². The van der Waals surface area contributed by atoms with Crippen molar-refractivity contribution in [2.24, 2.45) is 5.73 Å². The van der Waals surface area contributed by atoms with E-state index in [4.69, 9.17) is 5.73 Å². The number of rotatable bonds is 3. The summed E-state index contributed by atoms with van der Waals surface area (Å²) in [7, 11) is 0. The van der Waals surface area contributed by atoms with Gasteiger partial charge in [0.2, 0.25) is 0 Å². The maximum absolute atomic E-state index is 6.01. The summed E-state index contributed by atoms with van der Waals surface area (Å²) in [5, 5.41) is 2.25. The number of aryl methyl sites for hydroxylation is 2. The molecule has 0 aliphatic carbocycles. The van der Waals surface area contributed by atoms with Gasteiger partial charge in [0.1, 0.15) is 16.2 Å². The van der Waals surface area contributed by atoms with Gasteiger partial charge < -0.3 is 5.73 Å². The van der Waals surface area contributed by atoms with Crippen molar-refractivity contribution in [1.29, 1.82) is 0 Å².